The highest BCUT2D eigenvalue weighted by Crippen LogP contribution is 2.22. The van der Waals surface area contributed by atoms with E-state index in [1.54, 1.807) is 0 Å². The lowest BCUT2D eigenvalue weighted by Crippen LogP contribution is -2.05. The number of hydrazine groups is 1. The fourth-order valence-electron chi connectivity index (χ4n) is 0.250. The molecule has 4 N–H and O–H groups in total. The van der Waals surface area contributed by atoms with Crippen LogP contribution in [0.4, 0.5) is 0 Å². The molecule has 0 aromatic heterocycles. The molecule has 0 rings (SSSR count). The molecule has 0 aliphatic rings. The first-order valence-electron chi connectivity index (χ1n) is 3.45. The SMILES string of the molecule is CCC(C)(C)CC.NN. The first-order chi connectivity index (χ1) is 4.12. The van der Waals surface area contributed by atoms with Crippen molar-refractivity contribution >= 4 is 0 Å². The molecule has 0 heterocycles. The summed E-state index contributed by atoms with van der Waals surface area (Å²) in [5.41, 5.74) is 0.583. The first-order valence-corrected chi connectivity index (χ1v) is 3.45. The van der Waals surface area contributed by atoms with Crippen LogP contribution in [0.25, 0.3) is 0 Å². The molecule has 0 aliphatic heterocycles. The molecule has 0 fully saturated rings. The van der Waals surface area contributed by atoms with Crippen molar-refractivity contribution in [2.24, 2.45) is 17.1 Å². The van der Waals surface area contributed by atoms with E-state index in [2.05, 4.69) is 39.4 Å². The summed E-state index contributed by atoms with van der Waals surface area (Å²) < 4.78 is 0. The van der Waals surface area contributed by atoms with Gasteiger partial charge in [0, 0.05) is 0 Å². The Morgan fingerprint density at radius 1 is 1.00 bits per heavy atom. The van der Waals surface area contributed by atoms with E-state index < -0.39 is 0 Å². The molecule has 0 radical (unpaired) electrons. The summed E-state index contributed by atoms with van der Waals surface area (Å²) in [4.78, 5) is 0. The van der Waals surface area contributed by atoms with Gasteiger partial charge in [-0.15, -0.1) is 0 Å². The van der Waals surface area contributed by atoms with E-state index in [0.717, 1.165) is 0 Å². The molecule has 0 bridgehead atoms. The van der Waals surface area contributed by atoms with E-state index in [-0.39, 0.29) is 0 Å². The Morgan fingerprint density at radius 2 is 1.22 bits per heavy atom. The average molecular weight is 132 g/mol. The molecule has 2 nitrogen and oxygen atoms in total. The van der Waals surface area contributed by atoms with Gasteiger partial charge < -0.3 is 0 Å². The van der Waals surface area contributed by atoms with Crippen LogP contribution in [-0.4, -0.2) is 0 Å². The Bertz CT molecular complexity index is 44.9. The topological polar surface area (TPSA) is 52.0 Å². The molecule has 0 saturated heterocycles. The number of hydrogen-bond acceptors (Lipinski definition) is 2. The summed E-state index contributed by atoms with van der Waals surface area (Å²) in [6, 6.07) is 0. The van der Waals surface area contributed by atoms with Gasteiger partial charge in [0.15, 0.2) is 0 Å². The average Bonchev–Trinajstić information content (AvgIpc) is 1.93. The lowest BCUT2D eigenvalue weighted by Gasteiger charge is -2.18. The van der Waals surface area contributed by atoms with E-state index in [0.29, 0.717) is 5.41 Å². The van der Waals surface area contributed by atoms with E-state index >= 15 is 0 Å². The van der Waals surface area contributed by atoms with Gasteiger partial charge in [-0.3, -0.25) is 11.7 Å². The Kier molecular flexibility index (Phi) is 7.85. The highest BCUT2D eigenvalue weighted by molar-refractivity contribution is 4.61. The zero-order valence-electron chi connectivity index (χ0n) is 7.07. The zero-order valence-corrected chi connectivity index (χ0v) is 7.07. The van der Waals surface area contributed by atoms with Gasteiger partial charge >= 0.3 is 0 Å². The molecule has 0 unspecified atom stereocenters. The van der Waals surface area contributed by atoms with Crippen LogP contribution in [0, 0.1) is 5.41 Å². The van der Waals surface area contributed by atoms with E-state index in [9.17, 15) is 0 Å². The minimum atomic E-state index is 0.583. The lowest BCUT2D eigenvalue weighted by atomic mass is 9.88. The van der Waals surface area contributed by atoms with E-state index in [1.807, 2.05) is 0 Å². The Hall–Kier alpha value is -0.0800. The molecule has 0 atom stereocenters. The number of rotatable bonds is 2. The highest BCUT2D eigenvalue weighted by Gasteiger charge is 2.09. The molecule has 2 heteroatoms. The first kappa shape index (κ1) is 11.7. The fraction of sp³-hybridized carbons (Fsp3) is 1.00. The Labute approximate surface area is 58.6 Å². The maximum absolute atomic E-state index is 4.00. The summed E-state index contributed by atoms with van der Waals surface area (Å²) in [7, 11) is 0. The predicted molar refractivity (Wildman–Crippen MR) is 42.7 cm³/mol. The molecule has 0 aliphatic carbocycles. The van der Waals surface area contributed by atoms with Crippen LogP contribution in [0.3, 0.4) is 0 Å². The quantitative estimate of drug-likeness (QED) is 0.443. The van der Waals surface area contributed by atoms with Crippen molar-refractivity contribution in [1.29, 1.82) is 0 Å². The van der Waals surface area contributed by atoms with Crippen LogP contribution >= 0.6 is 0 Å². The lowest BCUT2D eigenvalue weighted by molar-refractivity contribution is 0.338. The smallest absolute Gasteiger partial charge is 0.0359 e. The second-order valence-corrected chi connectivity index (χ2v) is 2.87. The molecule has 0 saturated carbocycles. The largest absolute Gasteiger partial charge is 0.274 e. The summed E-state index contributed by atoms with van der Waals surface area (Å²) in [6.07, 6.45) is 2.59. The number of nitrogens with two attached hydrogens (primary N) is 2. The highest BCUT2D eigenvalue weighted by atomic mass is 15.0. The molecule has 9 heavy (non-hydrogen) atoms. The minimum absolute atomic E-state index is 0.583. The van der Waals surface area contributed by atoms with Gasteiger partial charge in [0.2, 0.25) is 0 Å². The fourth-order valence-corrected chi connectivity index (χ4v) is 0.250. The van der Waals surface area contributed by atoms with Crippen LogP contribution in [0.1, 0.15) is 40.5 Å². The third kappa shape index (κ3) is 7.92. The summed E-state index contributed by atoms with van der Waals surface area (Å²) in [6.45, 7) is 9.08. The minimum Gasteiger partial charge on any atom is -0.274 e. The zero-order chi connectivity index (χ0) is 7.91. The predicted octanol–water partition coefficient (Wildman–Crippen LogP) is 1.65. The van der Waals surface area contributed by atoms with Gasteiger partial charge in [0.05, 0.1) is 0 Å². The molecule has 0 spiro atoms. The molecular weight excluding hydrogens is 112 g/mol. The van der Waals surface area contributed by atoms with Gasteiger partial charge in [0.25, 0.3) is 0 Å². The van der Waals surface area contributed by atoms with E-state index in [4.69, 9.17) is 0 Å². The summed E-state index contributed by atoms with van der Waals surface area (Å²) >= 11 is 0. The van der Waals surface area contributed by atoms with Gasteiger partial charge in [-0.25, -0.2) is 0 Å². The third-order valence-electron chi connectivity index (χ3n) is 1.91. The summed E-state index contributed by atoms with van der Waals surface area (Å²) in [5, 5.41) is 0. The van der Waals surface area contributed by atoms with Crippen LogP contribution in [0.15, 0.2) is 0 Å². The third-order valence-corrected chi connectivity index (χ3v) is 1.91. The standard InChI is InChI=1S/C7H16.H4N2/c1-5-7(3,4)6-2;1-2/h5-6H2,1-4H3;1-2H2. The summed E-state index contributed by atoms with van der Waals surface area (Å²) in [5.74, 6) is 8.00. The Morgan fingerprint density at radius 3 is 1.22 bits per heavy atom. The van der Waals surface area contributed by atoms with Gasteiger partial charge in [-0.1, -0.05) is 40.5 Å². The van der Waals surface area contributed by atoms with Crippen molar-refractivity contribution in [2.45, 2.75) is 40.5 Å². The normalized spacial score (nSPS) is 10.0. The van der Waals surface area contributed by atoms with Crippen molar-refractivity contribution in [3.05, 3.63) is 0 Å². The van der Waals surface area contributed by atoms with Crippen molar-refractivity contribution in [3.63, 3.8) is 0 Å². The second kappa shape index (κ2) is 6.05. The molecular formula is C7H20N2. The molecule has 0 amide bonds. The van der Waals surface area contributed by atoms with Crippen LogP contribution in [0.5, 0.6) is 0 Å². The van der Waals surface area contributed by atoms with Crippen molar-refractivity contribution in [2.75, 3.05) is 0 Å². The van der Waals surface area contributed by atoms with Crippen LogP contribution < -0.4 is 11.7 Å². The van der Waals surface area contributed by atoms with E-state index in [1.165, 1.54) is 12.8 Å². The second-order valence-electron chi connectivity index (χ2n) is 2.87. The Balaban J connectivity index is 0. The molecule has 0 aromatic carbocycles. The maximum Gasteiger partial charge on any atom is -0.0359 e. The maximum atomic E-state index is 4.00. The molecule has 0 aromatic rings. The van der Waals surface area contributed by atoms with Gasteiger partial charge in [-0.2, -0.15) is 0 Å². The van der Waals surface area contributed by atoms with Crippen LogP contribution in [0.2, 0.25) is 0 Å². The van der Waals surface area contributed by atoms with Crippen molar-refractivity contribution in [3.8, 4) is 0 Å². The van der Waals surface area contributed by atoms with Crippen LogP contribution in [-0.2, 0) is 0 Å². The van der Waals surface area contributed by atoms with Crippen molar-refractivity contribution in [1.82, 2.24) is 0 Å². The van der Waals surface area contributed by atoms with Gasteiger partial charge in [-0.05, 0) is 5.41 Å². The monoisotopic (exact) mass is 132 g/mol. The molecule has 58 valence electrons. The van der Waals surface area contributed by atoms with Crippen molar-refractivity contribution < 1.29 is 0 Å². The number of hydrogen-bond donors (Lipinski definition) is 2. The van der Waals surface area contributed by atoms with Gasteiger partial charge in [0.1, 0.15) is 0 Å².